The van der Waals surface area contributed by atoms with Crippen LogP contribution in [0.3, 0.4) is 0 Å². The van der Waals surface area contributed by atoms with Crippen LogP contribution in [0.1, 0.15) is 12.1 Å². The minimum Gasteiger partial charge on any atom is -0.497 e. The standard InChI is InChI=1S/C16H20N2O4S/c1-18(14-7-8-23(19,20)11-14)9-13-10-22-16(17-13)12-3-5-15(21-2)6-4-12/h3-6,10,14H,7-9,11H2,1-2H3/t14-/m0/s1. The van der Waals surface area contributed by atoms with Gasteiger partial charge in [0.1, 0.15) is 12.0 Å². The van der Waals surface area contributed by atoms with Crippen LogP contribution in [0, 0.1) is 0 Å². The van der Waals surface area contributed by atoms with Crippen molar-refractivity contribution in [3.05, 3.63) is 36.2 Å². The average Bonchev–Trinajstić information content (AvgIpc) is 3.14. The lowest BCUT2D eigenvalue weighted by Gasteiger charge is -2.21. The summed E-state index contributed by atoms with van der Waals surface area (Å²) in [6, 6.07) is 7.55. The summed E-state index contributed by atoms with van der Waals surface area (Å²) in [5, 5.41) is 0. The van der Waals surface area contributed by atoms with Crippen molar-refractivity contribution in [1.82, 2.24) is 9.88 Å². The number of sulfone groups is 1. The number of oxazole rings is 1. The molecule has 1 fully saturated rings. The molecule has 7 heteroatoms. The first-order chi connectivity index (χ1) is 11.0. The molecule has 124 valence electrons. The van der Waals surface area contributed by atoms with Gasteiger partial charge in [0.2, 0.25) is 5.89 Å². The van der Waals surface area contributed by atoms with E-state index in [-0.39, 0.29) is 17.5 Å². The Morgan fingerprint density at radius 1 is 1.35 bits per heavy atom. The first kappa shape index (κ1) is 16.0. The monoisotopic (exact) mass is 336 g/mol. The van der Waals surface area contributed by atoms with Gasteiger partial charge < -0.3 is 9.15 Å². The molecule has 2 aromatic rings. The first-order valence-corrected chi connectivity index (χ1v) is 9.28. The topological polar surface area (TPSA) is 72.6 Å². The van der Waals surface area contributed by atoms with Crippen molar-refractivity contribution in [2.24, 2.45) is 0 Å². The quantitative estimate of drug-likeness (QED) is 0.831. The Morgan fingerprint density at radius 3 is 2.70 bits per heavy atom. The van der Waals surface area contributed by atoms with Crippen LogP contribution in [0.25, 0.3) is 11.5 Å². The van der Waals surface area contributed by atoms with E-state index in [4.69, 9.17) is 9.15 Å². The Kier molecular flexibility index (Phi) is 4.41. The highest BCUT2D eigenvalue weighted by atomic mass is 32.2. The second kappa shape index (κ2) is 6.33. The normalized spacial score (nSPS) is 20.0. The van der Waals surface area contributed by atoms with Gasteiger partial charge in [-0.2, -0.15) is 0 Å². The molecule has 0 spiro atoms. The fourth-order valence-corrected chi connectivity index (χ4v) is 4.56. The summed E-state index contributed by atoms with van der Waals surface area (Å²) in [5.74, 6) is 1.84. The lowest BCUT2D eigenvalue weighted by molar-refractivity contribution is 0.251. The van der Waals surface area contributed by atoms with Gasteiger partial charge in [-0.25, -0.2) is 13.4 Å². The fraction of sp³-hybridized carbons (Fsp3) is 0.438. The van der Waals surface area contributed by atoms with Crippen LogP contribution in [-0.4, -0.2) is 50.0 Å². The predicted octanol–water partition coefficient (Wildman–Crippen LogP) is 1.97. The van der Waals surface area contributed by atoms with Gasteiger partial charge in [-0.15, -0.1) is 0 Å². The molecule has 2 heterocycles. The van der Waals surface area contributed by atoms with Gasteiger partial charge >= 0.3 is 0 Å². The van der Waals surface area contributed by atoms with Crippen LogP contribution in [0.4, 0.5) is 0 Å². The highest BCUT2D eigenvalue weighted by molar-refractivity contribution is 7.91. The maximum atomic E-state index is 11.6. The summed E-state index contributed by atoms with van der Waals surface area (Å²) >= 11 is 0. The van der Waals surface area contributed by atoms with E-state index in [9.17, 15) is 8.42 Å². The Labute approximate surface area is 136 Å². The Hall–Kier alpha value is -1.86. The van der Waals surface area contributed by atoms with Crippen molar-refractivity contribution in [1.29, 1.82) is 0 Å². The second-order valence-corrected chi connectivity index (χ2v) is 8.07. The number of hydrogen-bond donors (Lipinski definition) is 0. The Bertz CT molecular complexity index is 768. The minimum atomic E-state index is -2.87. The molecule has 0 bridgehead atoms. The molecule has 1 aliphatic rings. The fourth-order valence-electron chi connectivity index (χ4n) is 2.75. The smallest absolute Gasteiger partial charge is 0.226 e. The molecule has 0 radical (unpaired) electrons. The third-order valence-corrected chi connectivity index (χ3v) is 5.88. The van der Waals surface area contributed by atoms with Crippen LogP contribution in [0.2, 0.25) is 0 Å². The molecule has 6 nitrogen and oxygen atoms in total. The van der Waals surface area contributed by atoms with Crippen LogP contribution in [-0.2, 0) is 16.4 Å². The molecule has 1 aliphatic heterocycles. The summed E-state index contributed by atoms with van der Waals surface area (Å²) in [6.45, 7) is 0.569. The van der Waals surface area contributed by atoms with Gasteiger partial charge in [0, 0.05) is 18.2 Å². The molecule has 0 unspecified atom stereocenters. The van der Waals surface area contributed by atoms with Crippen molar-refractivity contribution in [3.8, 4) is 17.2 Å². The molecule has 0 N–H and O–H groups in total. The summed E-state index contributed by atoms with van der Waals surface area (Å²) < 4.78 is 33.8. The van der Waals surface area contributed by atoms with E-state index in [1.807, 2.05) is 36.2 Å². The highest BCUT2D eigenvalue weighted by Crippen LogP contribution is 2.23. The molecule has 0 saturated carbocycles. The predicted molar refractivity (Wildman–Crippen MR) is 87.0 cm³/mol. The van der Waals surface area contributed by atoms with E-state index in [1.165, 1.54) is 0 Å². The number of benzene rings is 1. The van der Waals surface area contributed by atoms with Crippen LogP contribution < -0.4 is 4.74 Å². The SMILES string of the molecule is COc1ccc(-c2nc(CN(C)[C@H]3CCS(=O)(=O)C3)co2)cc1. The average molecular weight is 336 g/mol. The Morgan fingerprint density at radius 2 is 2.09 bits per heavy atom. The highest BCUT2D eigenvalue weighted by Gasteiger charge is 2.30. The van der Waals surface area contributed by atoms with E-state index in [1.54, 1.807) is 13.4 Å². The lowest BCUT2D eigenvalue weighted by atomic mass is 10.2. The largest absolute Gasteiger partial charge is 0.497 e. The number of hydrogen-bond acceptors (Lipinski definition) is 6. The molecule has 1 aromatic heterocycles. The molecule has 0 amide bonds. The maximum absolute atomic E-state index is 11.6. The van der Waals surface area contributed by atoms with Gasteiger partial charge in [0.25, 0.3) is 0 Å². The zero-order valence-electron chi connectivity index (χ0n) is 13.2. The summed E-state index contributed by atoms with van der Waals surface area (Å²) in [4.78, 5) is 6.51. The van der Waals surface area contributed by atoms with E-state index >= 15 is 0 Å². The Balaban J connectivity index is 1.67. The van der Waals surface area contributed by atoms with E-state index in [2.05, 4.69) is 4.98 Å². The van der Waals surface area contributed by atoms with Crippen molar-refractivity contribution < 1.29 is 17.6 Å². The van der Waals surface area contributed by atoms with E-state index in [0.29, 0.717) is 18.9 Å². The van der Waals surface area contributed by atoms with Crippen LogP contribution in [0.15, 0.2) is 34.9 Å². The second-order valence-electron chi connectivity index (χ2n) is 5.84. The molecular formula is C16H20N2O4S. The third kappa shape index (κ3) is 3.73. The van der Waals surface area contributed by atoms with Gasteiger partial charge in [-0.3, -0.25) is 4.90 Å². The maximum Gasteiger partial charge on any atom is 0.226 e. The molecule has 1 atom stereocenters. The van der Waals surface area contributed by atoms with Crippen LogP contribution >= 0.6 is 0 Å². The van der Waals surface area contributed by atoms with Gasteiger partial charge in [-0.1, -0.05) is 0 Å². The molecule has 1 aromatic carbocycles. The lowest BCUT2D eigenvalue weighted by Crippen LogP contribution is -2.32. The summed E-state index contributed by atoms with van der Waals surface area (Å²) in [6.07, 6.45) is 2.31. The van der Waals surface area contributed by atoms with Crippen molar-refractivity contribution in [2.45, 2.75) is 19.0 Å². The van der Waals surface area contributed by atoms with Crippen molar-refractivity contribution >= 4 is 9.84 Å². The first-order valence-electron chi connectivity index (χ1n) is 7.46. The molecule has 1 saturated heterocycles. The van der Waals surface area contributed by atoms with Gasteiger partial charge in [0.05, 0.1) is 24.3 Å². The van der Waals surface area contributed by atoms with E-state index in [0.717, 1.165) is 17.0 Å². The number of rotatable bonds is 5. The number of ether oxygens (including phenoxy) is 1. The number of aromatic nitrogens is 1. The zero-order valence-corrected chi connectivity index (χ0v) is 14.0. The zero-order chi connectivity index (χ0) is 16.4. The number of methoxy groups -OCH3 is 1. The van der Waals surface area contributed by atoms with Gasteiger partial charge in [-0.05, 0) is 37.7 Å². The van der Waals surface area contributed by atoms with E-state index < -0.39 is 9.84 Å². The van der Waals surface area contributed by atoms with Gasteiger partial charge in [0.15, 0.2) is 9.84 Å². The molecule has 3 rings (SSSR count). The number of nitrogens with zero attached hydrogens (tertiary/aromatic N) is 2. The van der Waals surface area contributed by atoms with Crippen LogP contribution in [0.5, 0.6) is 5.75 Å². The molecular weight excluding hydrogens is 316 g/mol. The third-order valence-electron chi connectivity index (χ3n) is 4.13. The summed E-state index contributed by atoms with van der Waals surface area (Å²) in [5.41, 5.74) is 1.67. The van der Waals surface area contributed by atoms with Crippen molar-refractivity contribution in [3.63, 3.8) is 0 Å². The molecule has 23 heavy (non-hydrogen) atoms. The molecule has 0 aliphatic carbocycles. The van der Waals surface area contributed by atoms with Crippen molar-refractivity contribution in [2.75, 3.05) is 25.7 Å². The minimum absolute atomic E-state index is 0.0566. The summed E-state index contributed by atoms with van der Waals surface area (Å²) in [7, 11) is 0.672.